The molecule has 0 aromatic heterocycles. The molecule has 0 saturated carbocycles. The number of sulfone groups is 1. The van der Waals surface area contributed by atoms with Gasteiger partial charge in [-0.1, -0.05) is 6.92 Å². The zero-order valence-electron chi connectivity index (χ0n) is 9.97. The minimum absolute atomic E-state index is 0.0412. The first-order chi connectivity index (χ1) is 8.45. The molecule has 0 unspecified atom stereocenters. The van der Waals surface area contributed by atoms with Crippen LogP contribution in [0.1, 0.15) is 13.3 Å². The van der Waals surface area contributed by atoms with E-state index in [1.807, 2.05) is 0 Å². The first-order valence-corrected chi connectivity index (χ1v) is 7.27. The second-order valence-electron chi connectivity index (χ2n) is 4.27. The quantitative estimate of drug-likeness (QED) is 0.777. The smallest absolute Gasteiger partial charge is 0.222 e. The van der Waals surface area contributed by atoms with Crippen molar-refractivity contribution in [2.24, 2.45) is 0 Å². The molecule has 0 bridgehead atoms. The molecule has 0 radical (unpaired) electrons. The fourth-order valence-electron chi connectivity index (χ4n) is 1.88. The van der Waals surface area contributed by atoms with Crippen LogP contribution in [0.15, 0.2) is 29.2 Å². The van der Waals surface area contributed by atoms with Crippen LogP contribution >= 0.6 is 0 Å². The van der Waals surface area contributed by atoms with Crippen LogP contribution in [0.3, 0.4) is 0 Å². The molecule has 98 valence electrons. The van der Waals surface area contributed by atoms with Gasteiger partial charge in [-0.05, 0) is 24.3 Å². The summed E-state index contributed by atoms with van der Waals surface area (Å²) in [5.41, 5.74) is 0. The zero-order chi connectivity index (χ0) is 13.3. The SMILES string of the molecule is CCC(=O)N1CC(S(=O)(=O)c2ccc(F)cc2)C1. The average Bonchev–Trinajstić information content (AvgIpc) is 2.27. The summed E-state index contributed by atoms with van der Waals surface area (Å²) in [5.74, 6) is -0.508. The van der Waals surface area contributed by atoms with Crippen LogP contribution in [-0.2, 0) is 14.6 Å². The Hall–Kier alpha value is -1.43. The van der Waals surface area contributed by atoms with Gasteiger partial charge in [0.25, 0.3) is 0 Å². The largest absolute Gasteiger partial charge is 0.340 e. The fourth-order valence-corrected chi connectivity index (χ4v) is 3.53. The zero-order valence-corrected chi connectivity index (χ0v) is 10.8. The molecule has 1 heterocycles. The van der Waals surface area contributed by atoms with Crippen LogP contribution in [0.25, 0.3) is 0 Å². The Labute approximate surface area is 105 Å². The molecule has 1 aliphatic heterocycles. The summed E-state index contributed by atoms with van der Waals surface area (Å²) in [6.45, 7) is 2.20. The van der Waals surface area contributed by atoms with E-state index in [0.29, 0.717) is 6.42 Å². The molecule has 0 aliphatic carbocycles. The molecular weight excluding hydrogens is 257 g/mol. The Kier molecular flexibility index (Phi) is 3.38. The Morgan fingerprint density at radius 3 is 2.39 bits per heavy atom. The minimum Gasteiger partial charge on any atom is -0.340 e. The molecule has 0 spiro atoms. The Morgan fingerprint density at radius 1 is 1.33 bits per heavy atom. The van der Waals surface area contributed by atoms with Crippen LogP contribution in [0.5, 0.6) is 0 Å². The third kappa shape index (κ3) is 2.25. The molecule has 1 saturated heterocycles. The maximum Gasteiger partial charge on any atom is 0.222 e. The lowest BCUT2D eigenvalue weighted by molar-refractivity contribution is -0.133. The maximum atomic E-state index is 12.7. The summed E-state index contributed by atoms with van der Waals surface area (Å²) in [5, 5.41) is -0.571. The highest BCUT2D eigenvalue weighted by Gasteiger charge is 2.39. The van der Waals surface area contributed by atoms with Gasteiger partial charge in [0.1, 0.15) is 11.1 Å². The number of amides is 1. The van der Waals surface area contributed by atoms with Crippen molar-refractivity contribution < 1.29 is 17.6 Å². The van der Waals surface area contributed by atoms with Gasteiger partial charge in [0.15, 0.2) is 9.84 Å². The van der Waals surface area contributed by atoms with Crippen LogP contribution in [-0.4, -0.2) is 37.6 Å². The number of rotatable bonds is 3. The normalized spacial score (nSPS) is 16.4. The third-order valence-corrected chi connectivity index (χ3v) is 5.19. The van der Waals surface area contributed by atoms with Gasteiger partial charge in [0, 0.05) is 19.5 Å². The number of halogens is 1. The monoisotopic (exact) mass is 271 g/mol. The van der Waals surface area contributed by atoms with Gasteiger partial charge in [-0.25, -0.2) is 12.8 Å². The number of carbonyl (C=O) groups excluding carboxylic acids is 1. The first kappa shape index (κ1) is 13.0. The molecule has 18 heavy (non-hydrogen) atoms. The molecule has 1 aromatic carbocycles. The summed E-state index contributed by atoms with van der Waals surface area (Å²) in [6, 6.07) is 4.77. The summed E-state index contributed by atoms with van der Waals surface area (Å²) in [4.78, 5) is 13.0. The standard InChI is InChI=1S/C12H14FNO3S/c1-2-12(15)14-7-11(8-14)18(16,17)10-5-3-9(13)4-6-10/h3-6,11H,2,7-8H2,1H3. The molecule has 0 N–H and O–H groups in total. The molecule has 1 amide bonds. The summed E-state index contributed by atoms with van der Waals surface area (Å²) < 4.78 is 37.0. The van der Waals surface area contributed by atoms with E-state index < -0.39 is 20.9 Å². The van der Waals surface area contributed by atoms with Crippen molar-refractivity contribution in [2.45, 2.75) is 23.5 Å². The maximum absolute atomic E-state index is 12.7. The summed E-state index contributed by atoms with van der Waals surface area (Å²) >= 11 is 0. The lowest BCUT2D eigenvalue weighted by atomic mass is 10.2. The molecular formula is C12H14FNO3S. The van der Waals surface area contributed by atoms with Gasteiger partial charge in [0.2, 0.25) is 5.91 Å². The molecule has 1 aromatic rings. The molecule has 4 nitrogen and oxygen atoms in total. The van der Waals surface area contributed by atoms with Crippen molar-refractivity contribution in [1.29, 1.82) is 0 Å². The first-order valence-electron chi connectivity index (χ1n) is 5.72. The van der Waals surface area contributed by atoms with E-state index >= 15 is 0 Å². The average molecular weight is 271 g/mol. The fraction of sp³-hybridized carbons (Fsp3) is 0.417. The van der Waals surface area contributed by atoms with Gasteiger partial charge in [-0.3, -0.25) is 4.79 Å². The number of hydrogen-bond acceptors (Lipinski definition) is 3. The number of benzene rings is 1. The molecule has 1 aliphatic rings. The number of likely N-dealkylation sites (tertiary alicyclic amines) is 1. The van der Waals surface area contributed by atoms with Gasteiger partial charge < -0.3 is 4.90 Å². The van der Waals surface area contributed by atoms with E-state index in [1.165, 1.54) is 17.0 Å². The molecule has 0 atom stereocenters. The summed E-state index contributed by atoms with van der Waals surface area (Å²) in [6.07, 6.45) is 0.378. The summed E-state index contributed by atoms with van der Waals surface area (Å²) in [7, 11) is -3.45. The third-order valence-electron chi connectivity index (χ3n) is 3.08. The molecule has 2 rings (SSSR count). The Morgan fingerprint density at radius 2 is 1.89 bits per heavy atom. The van der Waals surface area contributed by atoms with Crippen LogP contribution < -0.4 is 0 Å². The van der Waals surface area contributed by atoms with E-state index in [1.54, 1.807) is 6.92 Å². The van der Waals surface area contributed by atoms with Crippen LogP contribution in [0.4, 0.5) is 4.39 Å². The Balaban J connectivity index is 2.10. The van der Waals surface area contributed by atoms with Crippen molar-refractivity contribution in [3.8, 4) is 0 Å². The van der Waals surface area contributed by atoms with Crippen LogP contribution in [0, 0.1) is 5.82 Å². The van der Waals surface area contributed by atoms with Crippen molar-refractivity contribution in [2.75, 3.05) is 13.1 Å². The van der Waals surface area contributed by atoms with E-state index in [2.05, 4.69) is 0 Å². The highest BCUT2D eigenvalue weighted by molar-refractivity contribution is 7.92. The number of nitrogens with zero attached hydrogens (tertiary/aromatic N) is 1. The molecule has 1 fully saturated rings. The lowest BCUT2D eigenvalue weighted by Crippen LogP contribution is -2.56. The van der Waals surface area contributed by atoms with Gasteiger partial charge in [-0.2, -0.15) is 0 Å². The van der Waals surface area contributed by atoms with E-state index in [0.717, 1.165) is 12.1 Å². The van der Waals surface area contributed by atoms with Gasteiger partial charge in [0.05, 0.1) is 4.90 Å². The lowest BCUT2D eigenvalue weighted by Gasteiger charge is -2.38. The second-order valence-corrected chi connectivity index (χ2v) is 6.50. The highest BCUT2D eigenvalue weighted by atomic mass is 32.2. The Bertz CT molecular complexity index is 547. The van der Waals surface area contributed by atoms with Gasteiger partial charge >= 0.3 is 0 Å². The predicted molar refractivity (Wildman–Crippen MR) is 64.2 cm³/mol. The predicted octanol–water partition coefficient (Wildman–Crippen LogP) is 1.22. The van der Waals surface area contributed by atoms with Crippen molar-refractivity contribution in [1.82, 2.24) is 4.90 Å². The highest BCUT2D eigenvalue weighted by Crippen LogP contribution is 2.24. The van der Waals surface area contributed by atoms with E-state index in [-0.39, 0.29) is 23.9 Å². The number of carbonyl (C=O) groups is 1. The van der Waals surface area contributed by atoms with Crippen molar-refractivity contribution >= 4 is 15.7 Å². The van der Waals surface area contributed by atoms with Crippen LogP contribution in [0.2, 0.25) is 0 Å². The minimum atomic E-state index is -3.45. The molecule has 6 heteroatoms. The van der Waals surface area contributed by atoms with E-state index in [9.17, 15) is 17.6 Å². The second kappa shape index (κ2) is 4.68. The number of hydrogen-bond donors (Lipinski definition) is 0. The van der Waals surface area contributed by atoms with Gasteiger partial charge in [-0.15, -0.1) is 0 Å². The topological polar surface area (TPSA) is 54.5 Å². The van der Waals surface area contributed by atoms with Crippen molar-refractivity contribution in [3.63, 3.8) is 0 Å². The van der Waals surface area contributed by atoms with E-state index in [4.69, 9.17) is 0 Å². The van der Waals surface area contributed by atoms with Crippen molar-refractivity contribution in [3.05, 3.63) is 30.1 Å².